The van der Waals surface area contributed by atoms with Gasteiger partial charge in [-0.25, -0.2) is 0 Å². The fourth-order valence-corrected chi connectivity index (χ4v) is 2.50. The van der Waals surface area contributed by atoms with Gasteiger partial charge in [-0.3, -0.25) is 14.9 Å². The number of fused-ring (bicyclic) bond motifs is 1. The summed E-state index contributed by atoms with van der Waals surface area (Å²) >= 11 is 1.30. The van der Waals surface area contributed by atoms with Crippen molar-refractivity contribution in [3.63, 3.8) is 0 Å². The topological polar surface area (TPSA) is 72.2 Å². The Hall–Kier alpha value is -1.56. The molecule has 1 aliphatic heterocycles. The Labute approximate surface area is 96.4 Å². The van der Waals surface area contributed by atoms with E-state index < -0.39 is 9.67 Å². The normalized spacial score (nSPS) is 22.8. The molecule has 0 fully saturated rings. The van der Waals surface area contributed by atoms with Gasteiger partial charge in [0.15, 0.2) is 0 Å². The summed E-state index contributed by atoms with van der Waals surface area (Å²) in [6.07, 6.45) is 1.77. The molecule has 0 bridgehead atoms. The number of hydrogen-bond donors (Lipinski definition) is 1. The van der Waals surface area contributed by atoms with Crippen molar-refractivity contribution in [1.82, 2.24) is 0 Å². The van der Waals surface area contributed by atoms with Crippen LogP contribution in [-0.4, -0.2) is 17.1 Å². The van der Waals surface area contributed by atoms with Gasteiger partial charge in [-0.05, 0) is 19.2 Å². The van der Waals surface area contributed by atoms with Gasteiger partial charge in [0, 0.05) is 6.07 Å². The van der Waals surface area contributed by atoms with Crippen LogP contribution in [0, 0.1) is 10.1 Å². The second kappa shape index (κ2) is 3.48. The first kappa shape index (κ1) is 10.9. The second-order valence-electron chi connectivity index (χ2n) is 3.65. The van der Waals surface area contributed by atoms with Gasteiger partial charge in [-0.2, -0.15) is 0 Å². The maximum absolute atomic E-state index is 11.8. The minimum atomic E-state index is -0.876. The Kier molecular flexibility index (Phi) is 2.38. The monoisotopic (exact) mass is 238 g/mol. The highest BCUT2D eigenvalue weighted by molar-refractivity contribution is 8.00. The summed E-state index contributed by atoms with van der Waals surface area (Å²) in [4.78, 5) is 22.3. The summed E-state index contributed by atoms with van der Waals surface area (Å²) in [5.74, 6) is -0.204. The Morgan fingerprint density at radius 3 is 2.75 bits per heavy atom. The zero-order valence-corrected chi connectivity index (χ0v) is 9.63. The lowest BCUT2D eigenvalue weighted by molar-refractivity contribution is -0.385. The number of amides is 1. The molecular weight excluding hydrogens is 228 g/mol. The first-order chi connectivity index (χ1) is 7.50. The van der Waals surface area contributed by atoms with Crippen molar-refractivity contribution in [3.8, 4) is 0 Å². The smallest absolute Gasteiger partial charge is 0.276 e. The molecule has 1 N–H and O–H groups in total. The molecule has 84 valence electrons. The van der Waals surface area contributed by atoms with Crippen molar-refractivity contribution >= 4 is 29.0 Å². The van der Waals surface area contributed by atoms with Crippen molar-refractivity contribution in [2.24, 2.45) is 0 Å². The Morgan fingerprint density at radius 2 is 2.19 bits per heavy atom. The van der Waals surface area contributed by atoms with Crippen LogP contribution in [0.1, 0.15) is 12.5 Å². The molecule has 1 aromatic carbocycles. The van der Waals surface area contributed by atoms with Gasteiger partial charge < -0.3 is 5.32 Å². The third-order valence-electron chi connectivity index (χ3n) is 2.81. The molecule has 0 saturated heterocycles. The van der Waals surface area contributed by atoms with Crippen LogP contribution in [0.2, 0.25) is 0 Å². The SMILES string of the molecule is CS[C@]1(C)C(=O)Nc2cccc([N+](=O)[O-])c21. The highest BCUT2D eigenvalue weighted by atomic mass is 32.2. The number of carbonyl (C=O) groups excluding carboxylic acids is 1. The van der Waals surface area contributed by atoms with Crippen LogP contribution in [0.25, 0.3) is 0 Å². The van der Waals surface area contributed by atoms with Crippen molar-refractivity contribution in [1.29, 1.82) is 0 Å². The first-order valence-electron chi connectivity index (χ1n) is 4.65. The highest BCUT2D eigenvalue weighted by Gasteiger charge is 2.46. The fourth-order valence-electron chi connectivity index (χ4n) is 1.85. The van der Waals surface area contributed by atoms with Crippen molar-refractivity contribution in [2.45, 2.75) is 11.7 Å². The summed E-state index contributed by atoms with van der Waals surface area (Å²) in [5.41, 5.74) is 1.00. The molecule has 0 unspecified atom stereocenters. The molecule has 1 amide bonds. The number of rotatable bonds is 2. The molecule has 0 radical (unpaired) electrons. The van der Waals surface area contributed by atoms with Crippen LogP contribution >= 0.6 is 11.8 Å². The molecule has 0 aromatic heterocycles. The second-order valence-corrected chi connectivity index (χ2v) is 4.87. The Balaban J connectivity index is 2.71. The summed E-state index contributed by atoms with van der Waals surface area (Å²) in [7, 11) is 0. The summed E-state index contributed by atoms with van der Waals surface area (Å²) in [6, 6.07) is 4.68. The molecule has 2 rings (SSSR count). The van der Waals surface area contributed by atoms with E-state index in [1.807, 2.05) is 0 Å². The van der Waals surface area contributed by atoms with E-state index in [0.29, 0.717) is 11.3 Å². The zero-order valence-electron chi connectivity index (χ0n) is 8.81. The number of nitrogens with one attached hydrogen (secondary N) is 1. The lowest BCUT2D eigenvalue weighted by atomic mass is 10.00. The van der Waals surface area contributed by atoms with Crippen LogP contribution in [0.4, 0.5) is 11.4 Å². The minimum Gasteiger partial charge on any atom is -0.324 e. The maximum atomic E-state index is 11.8. The van der Waals surface area contributed by atoms with E-state index in [1.165, 1.54) is 17.8 Å². The van der Waals surface area contributed by atoms with Crippen molar-refractivity contribution in [2.75, 3.05) is 11.6 Å². The van der Waals surface area contributed by atoms with Crippen LogP contribution in [-0.2, 0) is 9.54 Å². The number of benzene rings is 1. The number of hydrogen-bond acceptors (Lipinski definition) is 4. The number of nitrogens with zero attached hydrogens (tertiary/aromatic N) is 1. The van der Waals surface area contributed by atoms with E-state index in [1.54, 1.807) is 25.3 Å². The molecule has 5 nitrogen and oxygen atoms in total. The molecule has 6 heteroatoms. The van der Waals surface area contributed by atoms with Gasteiger partial charge in [-0.15, -0.1) is 11.8 Å². The van der Waals surface area contributed by atoms with Crippen molar-refractivity contribution in [3.05, 3.63) is 33.9 Å². The molecular formula is C10H10N2O3S. The summed E-state index contributed by atoms with van der Waals surface area (Å²) in [6.45, 7) is 1.70. The van der Waals surface area contributed by atoms with Gasteiger partial charge in [-0.1, -0.05) is 6.07 Å². The lowest BCUT2D eigenvalue weighted by Gasteiger charge is -2.18. The largest absolute Gasteiger partial charge is 0.324 e. The number of nitro groups is 1. The average molecular weight is 238 g/mol. The summed E-state index contributed by atoms with van der Waals surface area (Å²) < 4.78 is -0.876. The molecule has 0 spiro atoms. The predicted molar refractivity (Wildman–Crippen MR) is 62.6 cm³/mol. The Morgan fingerprint density at radius 1 is 1.50 bits per heavy atom. The van der Waals surface area contributed by atoms with Gasteiger partial charge >= 0.3 is 0 Å². The van der Waals surface area contributed by atoms with E-state index in [2.05, 4.69) is 5.32 Å². The number of nitro benzene ring substituents is 1. The maximum Gasteiger partial charge on any atom is 0.276 e. The van der Waals surface area contributed by atoms with Crippen LogP contribution < -0.4 is 5.32 Å². The first-order valence-corrected chi connectivity index (χ1v) is 5.87. The van der Waals surface area contributed by atoms with E-state index in [0.717, 1.165) is 0 Å². The van der Waals surface area contributed by atoms with Gasteiger partial charge in [0.1, 0.15) is 4.75 Å². The van der Waals surface area contributed by atoms with Crippen LogP contribution in [0.3, 0.4) is 0 Å². The van der Waals surface area contributed by atoms with E-state index >= 15 is 0 Å². The van der Waals surface area contributed by atoms with Gasteiger partial charge in [0.2, 0.25) is 5.91 Å². The van der Waals surface area contributed by atoms with E-state index in [9.17, 15) is 14.9 Å². The number of carbonyl (C=O) groups is 1. The standard InChI is InChI=1S/C10H10N2O3S/c1-10(16-2)8-6(11-9(10)13)4-3-5-7(8)12(14)15/h3-5H,1-2H3,(H,11,13)/t10-/m0/s1. The van der Waals surface area contributed by atoms with Crippen LogP contribution in [0.5, 0.6) is 0 Å². The third kappa shape index (κ3) is 1.30. The Bertz CT molecular complexity index is 489. The summed E-state index contributed by atoms with van der Waals surface area (Å²) in [5, 5.41) is 13.6. The number of thioether (sulfide) groups is 1. The molecule has 16 heavy (non-hydrogen) atoms. The average Bonchev–Trinajstić information content (AvgIpc) is 2.52. The molecule has 1 aliphatic rings. The fraction of sp³-hybridized carbons (Fsp3) is 0.300. The lowest BCUT2D eigenvalue weighted by Crippen LogP contribution is -2.27. The number of anilines is 1. The molecule has 1 atom stereocenters. The molecule has 1 aromatic rings. The predicted octanol–water partition coefficient (Wildman–Crippen LogP) is 2.13. The van der Waals surface area contributed by atoms with Crippen molar-refractivity contribution < 1.29 is 9.72 Å². The van der Waals surface area contributed by atoms with Crippen LogP contribution in [0.15, 0.2) is 18.2 Å². The van der Waals surface area contributed by atoms with Gasteiger partial charge in [0.05, 0.1) is 16.2 Å². The van der Waals surface area contributed by atoms with E-state index in [4.69, 9.17) is 0 Å². The quantitative estimate of drug-likeness (QED) is 0.632. The molecule has 1 heterocycles. The zero-order chi connectivity index (χ0) is 11.9. The molecule has 0 saturated carbocycles. The van der Waals surface area contributed by atoms with E-state index in [-0.39, 0.29) is 11.6 Å². The highest BCUT2D eigenvalue weighted by Crippen LogP contribution is 2.48. The van der Waals surface area contributed by atoms with Gasteiger partial charge in [0.25, 0.3) is 5.69 Å². The third-order valence-corrected chi connectivity index (χ3v) is 4.01. The molecule has 0 aliphatic carbocycles. The minimum absolute atomic E-state index is 0.00676.